The van der Waals surface area contributed by atoms with Crippen LogP contribution < -0.4 is 20.3 Å². The van der Waals surface area contributed by atoms with Gasteiger partial charge in [0, 0.05) is 68.7 Å². The molecular weight excluding hydrogens is 550 g/mol. The van der Waals surface area contributed by atoms with Crippen LogP contribution in [0.2, 0.25) is 0 Å². The van der Waals surface area contributed by atoms with Crippen LogP contribution in [0.4, 0.5) is 22.0 Å². The molecule has 0 radical (unpaired) electrons. The zero-order valence-electron chi connectivity index (χ0n) is 24.8. The highest BCUT2D eigenvalue weighted by Gasteiger charge is 2.25. The minimum Gasteiger partial charge on any atom is -0.488 e. The van der Waals surface area contributed by atoms with Crippen molar-refractivity contribution >= 4 is 34.9 Å². The average Bonchev–Trinajstić information content (AvgIpc) is 3.02. The van der Waals surface area contributed by atoms with Crippen LogP contribution in [0.25, 0.3) is 11.4 Å². The van der Waals surface area contributed by atoms with E-state index in [-0.39, 0.29) is 17.4 Å². The van der Waals surface area contributed by atoms with Crippen molar-refractivity contribution in [3.63, 3.8) is 0 Å². The van der Waals surface area contributed by atoms with E-state index in [9.17, 15) is 14.4 Å². The topological polar surface area (TPSA) is 129 Å². The van der Waals surface area contributed by atoms with Crippen molar-refractivity contribution in [2.24, 2.45) is 0 Å². The number of carbonyl (C=O) groups is 3. The zero-order chi connectivity index (χ0) is 30.3. The molecule has 0 atom stereocenters. The largest absolute Gasteiger partial charge is 0.488 e. The number of hydrogen-bond acceptors (Lipinski definition) is 9. The molecule has 0 aliphatic carbocycles. The molecule has 2 saturated heterocycles. The van der Waals surface area contributed by atoms with Gasteiger partial charge in [-0.1, -0.05) is 0 Å². The Hall–Kier alpha value is -4.55. The van der Waals surface area contributed by atoms with Gasteiger partial charge in [0.25, 0.3) is 5.91 Å². The molecule has 0 saturated carbocycles. The van der Waals surface area contributed by atoms with E-state index in [0.717, 1.165) is 13.1 Å². The van der Waals surface area contributed by atoms with Crippen molar-refractivity contribution < 1.29 is 23.9 Å². The van der Waals surface area contributed by atoms with E-state index in [1.54, 1.807) is 48.5 Å². The maximum absolute atomic E-state index is 12.8. The van der Waals surface area contributed by atoms with Crippen LogP contribution in [-0.4, -0.2) is 104 Å². The number of Topliss-reactive ketones (excluding diaryl/α,β-unsaturated/α-hetero) is 1. The molecule has 2 N–H and O–H groups in total. The second-order valence-electron chi connectivity index (χ2n) is 10.5. The Kier molecular flexibility index (Phi) is 9.48. The SMILES string of the molecule is CCOc1c(C(C)=O)nc(-c2ccc(NC(=O)Nc3ccc(C(=O)N4CCN(C)CC4)cc3)cc2)nc1N1CCOCC1. The quantitative estimate of drug-likeness (QED) is 0.380. The summed E-state index contributed by atoms with van der Waals surface area (Å²) in [6.07, 6.45) is 0. The number of nitrogens with zero attached hydrogens (tertiary/aromatic N) is 5. The first-order valence-corrected chi connectivity index (χ1v) is 14.5. The van der Waals surface area contributed by atoms with Crippen molar-refractivity contribution in [2.75, 3.05) is 81.7 Å². The van der Waals surface area contributed by atoms with Crippen molar-refractivity contribution in [3.05, 3.63) is 59.8 Å². The Morgan fingerprint density at radius 2 is 1.47 bits per heavy atom. The fourth-order valence-electron chi connectivity index (χ4n) is 4.96. The molecule has 5 rings (SSSR count). The van der Waals surface area contributed by atoms with Crippen molar-refractivity contribution in [1.29, 1.82) is 0 Å². The lowest BCUT2D eigenvalue weighted by atomic mass is 10.1. The number of aromatic nitrogens is 2. The molecule has 2 aromatic carbocycles. The molecule has 226 valence electrons. The molecule has 3 heterocycles. The summed E-state index contributed by atoms with van der Waals surface area (Å²) in [4.78, 5) is 53.4. The Bertz CT molecular complexity index is 1450. The molecule has 12 heteroatoms. The Labute approximate surface area is 251 Å². The number of amides is 3. The number of ether oxygens (including phenoxy) is 2. The number of morpholine rings is 1. The van der Waals surface area contributed by atoms with Crippen LogP contribution in [0, 0.1) is 0 Å². The highest BCUT2D eigenvalue weighted by molar-refractivity contribution is 6.01. The normalized spacial score (nSPS) is 15.6. The fraction of sp³-hybridized carbons (Fsp3) is 0.387. The van der Waals surface area contributed by atoms with Crippen LogP contribution in [0.15, 0.2) is 48.5 Å². The summed E-state index contributed by atoms with van der Waals surface area (Å²) in [6, 6.07) is 13.5. The smallest absolute Gasteiger partial charge is 0.323 e. The number of piperazine rings is 1. The summed E-state index contributed by atoms with van der Waals surface area (Å²) >= 11 is 0. The van der Waals surface area contributed by atoms with Crippen LogP contribution in [0.3, 0.4) is 0 Å². The molecule has 43 heavy (non-hydrogen) atoms. The molecule has 0 bridgehead atoms. The van der Waals surface area contributed by atoms with Gasteiger partial charge in [0.2, 0.25) is 0 Å². The van der Waals surface area contributed by atoms with Gasteiger partial charge in [0.15, 0.2) is 28.9 Å². The van der Waals surface area contributed by atoms with Crippen LogP contribution in [0.5, 0.6) is 5.75 Å². The molecule has 12 nitrogen and oxygen atoms in total. The van der Waals surface area contributed by atoms with Gasteiger partial charge in [-0.25, -0.2) is 14.8 Å². The summed E-state index contributed by atoms with van der Waals surface area (Å²) in [6.45, 7) is 9.18. The number of rotatable bonds is 8. The Morgan fingerprint density at radius 1 is 0.860 bits per heavy atom. The van der Waals surface area contributed by atoms with Crippen molar-refractivity contribution in [2.45, 2.75) is 13.8 Å². The van der Waals surface area contributed by atoms with E-state index < -0.39 is 6.03 Å². The Balaban J connectivity index is 1.25. The minimum absolute atomic E-state index is 0.00631. The summed E-state index contributed by atoms with van der Waals surface area (Å²) in [5, 5.41) is 5.61. The third-order valence-corrected chi connectivity index (χ3v) is 7.36. The molecular formula is C31H37N7O5. The number of hydrogen-bond donors (Lipinski definition) is 2. The van der Waals surface area contributed by atoms with E-state index in [1.807, 2.05) is 23.8 Å². The van der Waals surface area contributed by atoms with Gasteiger partial charge in [-0.2, -0.15) is 0 Å². The lowest BCUT2D eigenvalue weighted by Gasteiger charge is -2.32. The second kappa shape index (κ2) is 13.6. The van der Waals surface area contributed by atoms with Crippen molar-refractivity contribution in [3.8, 4) is 17.1 Å². The molecule has 0 spiro atoms. The first-order chi connectivity index (χ1) is 20.8. The van der Waals surface area contributed by atoms with Crippen LogP contribution >= 0.6 is 0 Å². The number of urea groups is 1. The van der Waals surface area contributed by atoms with Gasteiger partial charge in [0.05, 0.1) is 19.8 Å². The van der Waals surface area contributed by atoms with E-state index in [1.165, 1.54) is 6.92 Å². The summed E-state index contributed by atoms with van der Waals surface area (Å²) in [5.74, 6) is 1.12. The van der Waals surface area contributed by atoms with Crippen LogP contribution in [-0.2, 0) is 4.74 Å². The van der Waals surface area contributed by atoms with E-state index in [0.29, 0.717) is 85.9 Å². The third-order valence-electron chi connectivity index (χ3n) is 7.36. The predicted octanol–water partition coefficient (Wildman–Crippen LogP) is 3.61. The number of nitrogens with one attached hydrogen (secondary N) is 2. The number of likely N-dealkylation sites (N-methyl/N-ethyl adjacent to an activating group) is 1. The lowest BCUT2D eigenvalue weighted by molar-refractivity contribution is 0.0664. The molecule has 1 aromatic heterocycles. The molecule has 0 unspecified atom stereocenters. The molecule has 2 aliphatic heterocycles. The summed E-state index contributed by atoms with van der Waals surface area (Å²) in [5.41, 5.74) is 2.64. The maximum atomic E-state index is 12.8. The van der Waals surface area contributed by atoms with Gasteiger partial charge in [-0.05, 0) is 62.5 Å². The minimum atomic E-state index is -0.420. The van der Waals surface area contributed by atoms with E-state index in [4.69, 9.17) is 14.5 Å². The highest BCUT2D eigenvalue weighted by atomic mass is 16.5. The number of carbonyl (C=O) groups excluding carboxylic acids is 3. The van der Waals surface area contributed by atoms with Crippen LogP contribution in [0.1, 0.15) is 34.7 Å². The van der Waals surface area contributed by atoms with Crippen molar-refractivity contribution in [1.82, 2.24) is 19.8 Å². The zero-order valence-corrected chi connectivity index (χ0v) is 24.8. The van der Waals surface area contributed by atoms with Gasteiger partial charge in [-0.15, -0.1) is 0 Å². The number of ketones is 1. The summed E-state index contributed by atoms with van der Waals surface area (Å²) in [7, 11) is 2.05. The van der Waals surface area contributed by atoms with Gasteiger partial charge in [-0.3, -0.25) is 9.59 Å². The number of anilines is 3. The summed E-state index contributed by atoms with van der Waals surface area (Å²) < 4.78 is 11.3. The molecule has 2 fully saturated rings. The molecule has 2 aliphatic rings. The second-order valence-corrected chi connectivity index (χ2v) is 10.5. The third kappa shape index (κ3) is 7.27. The molecule has 3 amide bonds. The first kappa shape index (κ1) is 29.9. The van der Waals surface area contributed by atoms with E-state index >= 15 is 0 Å². The van der Waals surface area contributed by atoms with Gasteiger partial charge < -0.3 is 34.8 Å². The fourth-order valence-corrected chi connectivity index (χ4v) is 4.96. The standard InChI is InChI=1S/C31H37N7O5/c1-4-43-27-26(21(2)39)34-28(35-29(27)37-17-19-42-20-18-37)22-5-9-24(10-6-22)32-31(41)33-25-11-7-23(8-12-25)30(40)38-15-13-36(3)14-16-38/h5-12H,4,13-20H2,1-3H3,(H2,32,33,41). The van der Waals surface area contributed by atoms with Gasteiger partial charge in [0.1, 0.15) is 0 Å². The predicted molar refractivity (Wildman–Crippen MR) is 164 cm³/mol. The first-order valence-electron chi connectivity index (χ1n) is 14.5. The highest BCUT2D eigenvalue weighted by Crippen LogP contribution is 2.33. The van der Waals surface area contributed by atoms with E-state index in [2.05, 4.69) is 20.5 Å². The lowest BCUT2D eigenvalue weighted by Crippen LogP contribution is -2.47. The monoisotopic (exact) mass is 587 g/mol. The average molecular weight is 588 g/mol. The Morgan fingerprint density at radius 3 is 2.05 bits per heavy atom. The molecule has 3 aromatic rings. The maximum Gasteiger partial charge on any atom is 0.323 e. The van der Waals surface area contributed by atoms with Gasteiger partial charge >= 0.3 is 6.03 Å². The number of benzene rings is 2.